The third-order valence-corrected chi connectivity index (χ3v) is 0.827. The van der Waals surface area contributed by atoms with Crippen LogP contribution in [0.15, 0.2) is 24.0 Å². The Balaban J connectivity index is 2.80. The smallest absolute Gasteiger partial charge is 0.167 e. The molecule has 0 radical (unpaired) electrons. The molecular formula is C7H6O. The average molecular weight is 106 g/mol. The highest BCUT2D eigenvalue weighted by molar-refractivity contribution is 5.29. The second-order valence-electron chi connectivity index (χ2n) is 1.49. The van der Waals surface area contributed by atoms with E-state index in [-0.39, 0.29) is 5.76 Å². The standard InChI is InChI=1S/C7H6O/c8-7-5-3-1-2-4-6-7/h1,3,5,8H,2H2. The molecule has 1 heteroatoms. The van der Waals surface area contributed by atoms with Crippen LogP contribution in [0.3, 0.4) is 0 Å². The van der Waals surface area contributed by atoms with E-state index in [9.17, 15) is 0 Å². The van der Waals surface area contributed by atoms with Gasteiger partial charge in [0, 0.05) is 6.42 Å². The van der Waals surface area contributed by atoms with Crippen LogP contribution < -0.4 is 0 Å². The summed E-state index contributed by atoms with van der Waals surface area (Å²) in [5.41, 5.74) is 0. The Labute approximate surface area is 48.3 Å². The molecule has 0 saturated carbocycles. The summed E-state index contributed by atoms with van der Waals surface area (Å²) in [7, 11) is 0. The molecule has 1 nitrogen and oxygen atoms in total. The molecule has 1 N–H and O–H groups in total. The quantitative estimate of drug-likeness (QED) is 0.463. The van der Waals surface area contributed by atoms with Crippen molar-refractivity contribution in [3.8, 4) is 11.8 Å². The van der Waals surface area contributed by atoms with Crippen molar-refractivity contribution in [3.63, 3.8) is 0 Å². The van der Waals surface area contributed by atoms with Crippen LogP contribution in [0.1, 0.15) is 6.42 Å². The van der Waals surface area contributed by atoms with Crippen molar-refractivity contribution >= 4 is 0 Å². The highest BCUT2D eigenvalue weighted by Gasteiger charge is 1.81. The lowest BCUT2D eigenvalue weighted by Gasteiger charge is -1.76. The first-order valence-electron chi connectivity index (χ1n) is 2.44. The Morgan fingerprint density at radius 1 is 1.62 bits per heavy atom. The number of rotatable bonds is 0. The zero-order valence-corrected chi connectivity index (χ0v) is 4.39. The third-order valence-electron chi connectivity index (χ3n) is 0.827. The predicted octanol–water partition coefficient (Wildman–Crippen LogP) is 1.39. The molecule has 40 valence electrons. The van der Waals surface area contributed by atoms with E-state index >= 15 is 0 Å². The van der Waals surface area contributed by atoms with Crippen LogP contribution in [-0.2, 0) is 0 Å². The van der Waals surface area contributed by atoms with Crippen LogP contribution in [0.4, 0.5) is 0 Å². The zero-order chi connectivity index (χ0) is 5.82. The molecule has 0 unspecified atom stereocenters. The summed E-state index contributed by atoms with van der Waals surface area (Å²) in [6.45, 7) is 0. The molecule has 1 aliphatic carbocycles. The van der Waals surface area contributed by atoms with Gasteiger partial charge in [0.1, 0.15) is 0 Å². The van der Waals surface area contributed by atoms with Gasteiger partial charge in [-0.2, -0.15) is 0 Å². The van der Waals surface area contributed by atoms with Gasteiger partial charge in [0.25, 0.3) is 0 Å². The van der Waals surface area contributed by atoms with Gasteiger partial charge in [0.15, 0.2) is 5.76 Å². The van der Waals surface area contributed by atoms with Crippen molar-refractivity contribution in [1.82, 2.24) is 0 Å². The fraction of sp³-hybridized carbons (Fsp3) is 0.143. The summed E-state index contributed by atoms with van der Waals surface area (Å²) < 4.78 is 0. The van der Waals surface area contributed by atoms with Crippen LogP contribution in [0.5, 0.6) is 0 Å². The molecule has 0 aromatic carbocycles. The maximum atomic E-state index is 8.73. The topological polar surface area (TPSA) is 20.2 Å². The van der Waals surface area contributed by atoms with Gasteiger partial charge < -0.3 is 5.11 Å². The summed E-state index contributed by atoms with van der Waals surface area (Å²) in [6, 6.07) is 0. The van der Waals surface area contributed by atoms with Crippen molar-refractivity contribution in [1.29, 1.82) is 0 Å². The van der Waals surface area contributed by atoms with E-state index < -0.39 is 0 Å². The molecule has 1 rings (SSSR count). The van der Waals surface area contributed by atoms with Crippen molar-refractivity contribution in [2.45, 2.75) is 6.42 Å². The van der Waals surface area contributed by atoms with Gasteiger partial charge in [-0.15, -0.1) is 0 Å². The number of aliphatic hydroxyl groups excluding tert-OH is 1. The van der Waals surface area contributed by atoms with E-state index in [1.165, 1.54) is 0 Å². The lowest BCUT2D eigenvalue weighted by atomic mass is 10.4. The first-order chi connectivity index (χ1) is 3.89. The van der Waals surface area contributed by atoms with Crippen LogP contribution in [0.2, 0.25) is 0 Å². The fourth-order valence-electron chi connectivity index (χ4n) is 0.469. The highest BCUT2D eigenvalue weighted by Crippen LogP contribution is 1.92. The molecule has 0 amide bonds. The van der Waals surface area contributed by atoms with Crippen molar-refractivity contribution in [2.24, 2.45) is 0 Å². The van der Waals surface area contributed by atoms with Gasteiger partial charge in [-0.25, -0.2) is 0 Å². The van der Waals surface area contributed by atoms with E-state index in [1.807, 2.05) is 6.08 Å². The molecule has 0 aromatic rings. The maximum absolute atomic E-state index is 8.73. The first kappa shape index (κ1) is 4.99. The molecule has 0 fully saturated rings. The maximum Gasteiger partial charge on any atom is 0.167 e. The summed E-state index contributed by atoms with van der Waals surface area (Å²) >= 11 is 0. The van der Waals surface area contributed by atoms with E-state index in [4.69, 9.17) is 5.11 Å². The molecule has 0 aliphatic heterocycles. The van der Waals surface area contributed by atoms with Crippen molar-refractivity contribution in [2.75, 3.05) is 0 Å². The molecule has 0 atom stereocenters. The molecule has 0 saturated heterocycles. The molecule has 0 heterocycles. The Kier molecular flexibility index (Phi) is 1.39. The molecular weight excluding hydrogens is 100 g/mol. The molecule has 0 bridgehead atoms. The third kappa shape index (κ3) is 1.16. The second-order valence-corrected chi connectivity index (χ2v) is 1.49. The molecule has 0 spiro atoms. The monoisotopic (exact) mass is 106 g/mol. The highest BCUT2D eigenvalue weighted by atomic mass is 16.3. The molecule has 1 aliphatic rings. The van der Waals surface area contributed by atoms with Gasteiger partial charge in [-0.05, 0) is 12.0 Å². The second kappa shape index (κ2) is 2.23. The first-order valence-corrected chi connectivity index (χ1v) is 2.44. The van der Waals surface area contributed by atoms with Crippen LogP contribution in [0.25, 0.3) is 0 Å². The molecule has 8 heavy (non-hydrogen) atoms. The summed E-state index contributed by atoms with van der Waals surface area (Å²) in [5.74, 6) is 5.44. The van der Waals surface area contributed by atoms with E-state index in [0.29, 0.717) is 0 Å². The summed E-state index contributed by atoms with van der Waals surface area (Å²) in [5, 5.41) is 8.73. The Hall–Kier alpha value is -1.16. The fourth-order valence-corrected chi connectivity index (χ4v) is 0.469. The molecule has 0 aromatic heterocycles. The Bertz CT molecular complexity index is 188. The Morgan fingerprint density at radius 2 is 2.50 bits per heavy atom. The predicted molar refractivity (Wildman–Crippen MR) is 32.2 cm³/mol. The normalized spacial score (nSPS) is 15.8. The summed E-state index contributed by atoms with van der Waals surface area (Å²) in [6.07, 6.45) is 6.00. The number of allylic oxidation sites excluding steroid dienone is 4. The summed E-state index contributed by atoms with van der Waals surface area (Å²) in [4.78, 5) is 0. The minimum Gasteiger partial charge on any atom is -0.501 e. The lowest BCUT2D eigenvalue weighted by Crippen LogP contribution is -1.68. The number of hydrogen-bond acceptors (Lipinski definition) is 1. The van der Waals surface area contributed by atoms with Gasteiger partial charge in [-0.1, -0.05) is 18.1 Å². The Morgan fingerprint density at radius 3 is 3.38 bits per heavy atom. The van der Waals surface area contributed by atoms with Gasteiger partial charge in [-0.3, -0.25) is 0 Å². The van der Waals surface area contributed by atoms with Crippen LogP contribution in [-0.4, -0.2) is 5.11 Å². The van der Waals surface area contributed by atoms with Gasteiger partial charge in [0.2, 0.25) is 0 Å². The van der Waals surface area contributed by atoms with E-state index in [2.05, 4.69) is 11.8 Å². The minimum absolute atomic E-state index is 0.152. The largest absolute Gasteiger partial charge is 0.501 e. The van der Waals surface area contributed by atoms with Gasteiger partial charge >= 0.3 is 0 Å². The van der Waals surface area contributed by atoms with Crippen LogP contribution >= 0.6 is 0 Å². The number of aliphatic hydroxyl groups is 1. The van der Waals surface area contributed by atoms with E-state index in [0.717, 1.165) is 6.42 Å². The van der Waals surface area contributed by atoms with E-state index in [1.54, 1.807) is 12.2 Å². The lowest BCUT2D eigenvalue weighted by molar-refractivity contribution is 0.438. The number of hydrogen-bond donors (Lipinski definition) is 1. The minimum atomic E-state index is 0.152. The van der Waals surface area contributed by atoms with Crippen LogP contribution in [0, 0.1) is 11.8 Å². The SMILES string of the molecule is OC1=CC=CCC#C1. The van der Waals surface area contributed by atoms with Gasteiger partial charge in [0.05, 0.1) is 0 Å². The zero-order valence-electron chi connectivity index (χ0n) is 4.39. The van der Waals surface area contributed by atoms with Crippen molar-refractivity contribution < 1.29 is 5.11 Å². The average Bonchev–Trinajstić information content (AvgIpc) is 1.94. The van der Waals surface area contributed by atoms with Crippen molar-refractivity contribution in [3.05, 3.63) is 24.0 Å².